The predicted octanol–water partition coefficient (Wildman–Crippen LogP) is 2.22. The monoisotopic (exact) mass is 238 g/mol. The van der Waals surface area contributed by atoms with Crippen molar-refractivity contribution < 1.29 is 9.18 Å². The molecule has 0 saturated heterocycles. The SMILES string of the molecule is Cc1cc(N(C)C(=O)CCC(C)N)ccc1F. The van der Waals surface area contributed by atoms with Gasteiger partial charge >= 0.3 is 0 Å². The van der Waals surface area contributed by atoms with Crippen LogP contribution in [-0.4, -0.2) is 19.0 Å². The number of hydrogen-bond donors (Lipinski definition) is 1. The minimum atomic E-state index is -0.259. The maximum Gasteiger partial charge on any atom is 0.226 e. The summed E-state index contributed by atoms with van der Waals surface area (Å²) in [6, 6.07) is 4.66. The number of hydrogen-bond acceptors (Lipinski definition) is 2. The molecule has 1 aromatic carbocycles. The van der Waals surface area contributed by atoms with Crippen molar-refractivity contribution >= 4 is 11.6 Å². The van der Waals surface area contributed by atoms with E-state index in [2.05, 4.69) is 0 Å². The van der Waals surface area contributed by atoms with Gasteiger partial charge in [-0.15, -0.1) is 0 Å². The Morgan fingerprint density at radius 1 is 1.53 bits per heavy atom. The fourth-order valence-corrected chi connectivity index (χ4v) is 1.50. The first-order valence-corrected chi connectivity index (χ1v) is 5.70. The van der Waals surface area contributed by atoms with Crippen LogP contribution >= 0.6 is 0 Å². The van der Waals surface area contributed by atoms with E-state index >= 15 is 0 Å². The molecule has 0 spiro atoms. The molecule has 0 saturated carbocycles. The summed E-state index contributed by atoms with van der Waals surface area (Å²) in [5.74, 6) is -0.265. The Kier molecular flexibility index (Phi) is 4.63. The molecule has 1 amide bonds. The van der Waals surface area contributed by atoms with Crippen molar-refractivity contribution in [1.29, 1.82) is 0 Å². The number of aryl methyl sites for hydroxylation is 1. The minimum Gasteiger partial charge on any atom is -0.328 e. The Bertz CT molecular complexity index is 404. The van der Waals surface area contributed by atoms with Gasteiger partial charge in [-0.05, 0) is 44.0 Å². The third kappa shape index (κ3) is 3.82. The van der Waals surface area contributed by atoms with Gasteiger partial charge in [-0.3, -0.25) is 4.79 Å². The van der Waals surface area contributed by atoms with Crippen molar-refractivity contribution in [2.45, 2.75) is 32.7 Å². The van der Waals surface area contributed by atoms with Gasteiger partial charge in [-0.1, -0.05) is 0 Å². The molecule has 0 heterocycles. The smallest absolute Gasteiger partial charge is 0.226 e. The van der Waals surface area contributed by atoms with Crippen molar-refractivity contribution in [1.82, 2.24) is 0 Å². The maximum atomic E-state index is 13.1. The van der Waals surface area contributed by atoms with Crippen LogP contribution in [0.3, 0.4) is 0 Å². The zero-order valence-electron chi connectivity index (χ0n) is 10.5. The molecule has 0 bridgehead atoms. The third-order valence-corrected chi connectivity index (χ3v) is 2.72. The number of halogens is 1. The first-order valence-electron chi connectivity index (χ1n) is 5.70. The molecule has 1 rings (SSSR count). The van der Waals surface area contributed by atoms with Gasteiger partial charge < -0.3 is 10.6 Å². The molecule has 1 atom stereocenters. The number of carbonyl (C=O) groups is 1. The van der Waals surface area contributed by atoms with Crippen molar-refractivity contribution in [2.24, 2.45) is 5.73 Å². The number of nitrogens with zero attached hydrogens (tertiary/aromatic N) is 1. The lowest BCUT2D eigenvalue weighted by molar-refractivity contribution is -0.118. The molecular weight excluding hydrogens is 219 g/mol. The fourth-order valence-electron chi connectivity index (χ4n) is 1.50. The van der Waals surface area contributed by atoms with Crippen LogP contribution in [-0.2, 0) is 4.79 Å². The van der Waals surface area contributed by atoms with E-state index in [1.807, 2.05) is 6.92 Å². The first kappa shape index (κ1) is 13.6. The number of carbonyl (C=O) groups excluding carboxylic acids is 1. The summed E-state index contributed by atoms with van der Waals surface area (Å²) in [4.78, 5) is 13.4. The van der Waals surface area contributed by atoms with Crippen molar-refractivity contribution in [3.8, 4) is 0 Å². The van der Waals surface area contributed by atoms with Gasteiger partial charge in [0.05, 0.1) is 0 Å². The van der Waals surface area contributed by atoms with Crippen LogP contribution in [0, 0.1) is 12.7 Å². The highest BCUT2D eigenvalue weighted by atomic mass is 19.1. The van der Waals surface area contributed by atoms with E-state index in [9.17, 15) is 9.18 Å². The molecule has 0 aliphatic rings. The molecule has 0 aliphatic carbocycles. The van der Waals surface area contributed by atoms with E-state index in [4.69, 9.17) is 5.73 Å². The second-order valence-corrected chi connectivity index (χ2v) is 4.40. The van der Waals surface area contributed by atoms with Crippen LogP contribution in [0.5, 0.6) is 0 Å². The first-order chi connectivity index (χ1) is 7.91. The maximum absolute atomic E-state index is 13.1. The molecule has 1 aromatic rings. The van der Waals surface area contributed by atoms with Crippen LogP contribution in [0.25, 0.3) is 0 Å². The Morgan fingerprint density at radius 2 is 2.18 bits per heavy atom. The molecule has 0 radical (unpaired) electrons. The molecular formula is C13H19FN2O. The highest BCUT2D eigenvalue weighted by Crippen LogP contribution is 2.18. The van der Waals surface area contributed by atoms with Crippen LogP contribution in [0.2, 0.25) is 0 Å². The summed E-state index contributed by atoms with van der Waals surface area (Å²) in [7, 11) is 1.69. The lowest BCUT2D eigenvalue weighted by atomic mass is 10.1. The van der Waals surface area contributed by atoms with Crippen molar-refractivity contribution in [3.05, 3.63) is 29.6 Å². The van der Waals surface area contributed by atoms with E-state index in [-0.39, 0.29) is 17.8 Å². The molecule has 94 valence electrons. The lowest BCUT2D eigenvalue weighted by Gasteiger charge is -2.18. The number of amides is 1. The molecule has 3 nitrogen and oxygen atoms in total. The van der Waals surface area contributed by atoms with Crippen LogP contribution in [0.4, 0.5) is 10.1 Å². The van der Waals surface area contributed by atoms with E-state index in [1.54, 1.807) is 26.1 Å². The molecule has 0 fully saturated rings. The Labute approximate surface area is 101 Å². The molecule has 1 unspecified atom stereocenters. The topological polar surface area (TPSA) is 46.3 Å². The molecule has 4 heteroatoms. The Morgan fingerprint density at radius 3 is 2.71 bits per heavy atom. The van der Waals surface area contributed by atoms with Crippen LogP contribution < -0.4 is 10.6 Å². The van der Waals surface area contributed by atoms with Crippen molar-refractivity contribution in [2.75, 3.05) is 11.9 Å². The van der Waals surface area contributed by atoms with Crippen LogP contribution in [0.1, 0.15) is 25.3 Å². The standard InChI is InChI=1S/C13H19FN2O/c1-9-8-11(5-6-12(9)14)16(3)13(17)7-4-10(2)15/h5-6,8,10H,4,7,15H2,1-3H3. The van der Waals surface area contributed by atoms with Gasteiger partial charge in [-0.25, -0.2) is 4.39 Å². The van der Waals surface area contributed by atoms with Gasteiger partial charge in [0.25, 0.3) is 0 Å². The second kappa shape index (κ2) is 5.77. The average molecular weight is 238 g/mol. The molecule has 2 N–H and O–H groups in total. The fraction of sp³-hybridized carbons (Fsp3) is 0.462. The molecule has 17 heavy (non-hydrogen) atoms. The summed E-state index contributed by atoms with van der Waals surface area (Å²) >= 11 is 0. The highest BCUT2D eigenvalue weighted by Gasteiger charge is 2.12. The van der Waals surface area contributed by atoms with Crippen LogP contribution in [0.15, 0.2) is 18.2 Å². The van der Waals surface area contributed by atoms with E-state index in [1.165, 1.54) is 11.0 Å². The lowest BCUT2D eigenvalue weighted by Crippen LogP contribution is -2.28. The zero-order valence-corrected chi connectivity index (χ0v) is 10.5. The van der Waals surface area contributed by atoms with E-state index in [0.717, 1.165) is 0 Å². The predicted molar refractivity (Wildman–Crippen MR) is 67.4 cm³/mol. The minimum absolute atomic E-state index is 0.00620. The molecule has 0 aromatic heterocycles. The quantitative estimate of drug-likeness (QED) is 0.874. The van der Waals surface area contributed by atoms with E-state index in [0.29, 0.717) is 24.1 Å². The third-order valence-electron chi connectivity index (χ3n) is 2.72. The normalized spacial score (nSPS) is 12.3. The summed E-state index contributed by atoms with van der Waals surface area (Å²) in [6.45, 7) is 3.55. The highest BCUT2D eigenvalue weighted by molar-refractivity contribution is 5.92. The summed E-state index contributed by atoms with van der Waals surface area (Å²) in [5.41, 5.74) is 6.85. The second-order valence-electron chi connectivity index (χ2n) is 4.40. The number of nitrogens with two attached hydrogens (primary N) is 1. The van der Waals surface area contributed by atoms with E-state index < -0.39 is 0 Å². The summed E-state index contributed by atoms with van der Waals surface area (Å²) in [6.07, 6.45) is 1.06. The van der Waals surface area contributed by atoms with Crippen molar-refractivity contribution in [3.63, 3.8) is 0 Å². The zero-order chi connectivity index (χ0) is 13.0. The van der Waals surface area contributed by atoms with Gasteiger partial charge in [0.15, 0.2) is 0 Å². The van der Waals surface area contributed by atoms with Gasteiger partial charge in [0.1, 0.15) is 5.82 Å². The summed E-state index contributed by atoms with van der Waals surface area (Å²) < 4.78 is 13.1. The summed E-state index contributed by atoms with van der Waals surface area (Å²) in [5, 5.41) is 0. The number of benzene rings is 1. The molecule has 0 aliphatic heterocycles. The largest absolute Gasteiger partial charge is 0.328 e. The van der Waals surface area contributed by atoms with Gasteiger partial charge in [0.2, 0.25) is 5.91 Å². The average Bonchev–Trinajstić information content (AvgIpc) is 2.28. The number of anilines is 1. The Hall–Kier alpha value is -1.42. The Balaban J connectivity index is 2.71. The number of rotatable bonds is 4. The van der Waals surface area contributed by atoms with Gasteiger partial charge in [0, 0.05) is 25.2 Å². The van der Waals surface area contributed by atoms with Gasteiger partial charge in [-0.2, -0.15) is 0 Å².